The van der Waals surface area contributed by atoms with Gasteiger partial charge < -0.3 is 15.2 Å². The van der Waals surface area contributed by atoms with Crippen molar-refractivity contribution in [1.29, 1.82) is 0 Å². The van der Waals surface area contributed by atoms with Gasteiger partial charge in [-0.05, 0) is 18.6 Å². The van der Waals surface area contributed by atoms with E-state index in [1.54, 1.807) is 12.1 Å². The largest absolute Gasteiger partial charge is 0.494 e. The molecule has 0 aliphatic heterocycles. The van der Waals surface area contributed by atoms with E-state index in [1.165, 1.54) is 13.2 Å². The topological polar surface area (TPSA) is 95.7 Å². The molecule has 19 heavy (non-hydrogen) atoms. The van der Waals surface area contributed by atoms with E-state index in [0.717, 1.165) is 6.26 Å². The molecule has 0 heterocycles. The highest BCUT2D eigenvalue weighted by Gasteiger charge is 2.15. The van der Waals surface area contributed by atoms with Crippen molar-refractivity contribution in [1.82, 2.24) is 0 Å². The molecule has 0 bridgehead atoms. The van der Waals surface area contributed by atoms with Crippen molar-refractivity contribution in [3.05, 3.63) is 23.8 Å². The van der Waals surface area contributed by atoms with Crippen molar-refractivity contribution >= 4 is 21.5 Å². The molecule has 0 saturated heterocycles. The third-order valence-corrected chi connectivity index (χ3v) is 3.39. The predicted octanol–water partition coefficient (Wildman–Crippen LogP) is 0.869. The minimum absolute atomic E-state index is 0.0195. The summed E-state index contributed by atoms with van der Waals surface area (Å²) in [5.74, 6) is -0.345. The number of methoxy groups -OCH3 is 1. The number of hydrogen-bond acceptors (Lipinski definition) is 6. The lowest BCUT2D eigenvalue weighted by Crippen LogP contribution is -2.12. The summed E-state index contributed by atoms with van der Waals surface area (Å²) in [7, 11) is -1.63. The molecule has 0 aliphatic carbocycles. The van der Waals surface area contributed by atoms with Gasteiger partial charge in [0.2, 0.25) is 0 Å². The van der Waals surface area contributed by atoms with Gasteiger partial charge in [-0.1, -0.05) is 6.07 Å². The summed E-state index contributed by atoms with van der Waals surface area (Å²) in [4.78, 5) is 11.8. The van der Waals surface area contributed by atoms with Crippen LogP contribution in [0.3, 0.4) is 0 Å². The van der Waals surface area contributed by atoms with Gasteiger partial charge >= 0.3 is 5.97 Å². The predicted molar refractivity (Wildman–Crippen MR) is 72.0 cm³/mol. The number of carbonyl (C=O) groups excluding carboxylic acids is 1. The first-order valence-electron chi connectivity index (χ1n) is 5.62. The lowest BCUT2D eigenvalue weighted by atomic mass is 10.2. The van der Waals surface area contributed by atoms with Crippen molar-refractivity contribution in [3.8, 4) is 5.75 Å². The van der Waals surface area contributed by atoms with Crippen molar-refractivity contribution < 1.29 is 22.7 Å². The molecular weight excluding hydrogens is 270 g/mol. The molecule has 0 fully saturated rings. The van der Waals surface area contributed by atoms with Gasteiger partial charge in [0.05, 0.1) is 25.2 Å². The number of nitrogens with two attached hydrogens (primary N) is 1. The zero-order valence-corrected chi connectivity index (χ0v) is 11.7. The van der Waals surface area contributed by atoms with Crippen LogP contribution < -0.4 is 10.5 Å². The van der Waals surface area contributed by atoms with E-state index >= 15 is 0 Å². The Morgan fingerprint density at radius 3 is 2.63 bits per heavy atom. The molecule has 1 aromatic carbocycles. The van der Waals surface area contributed by atoms with Crippen molar-refractivity contribution in [2.45, 2.75) is 6.42 Å². The van der Waals surface area contributed by atoms with Crippen LogP contribution in [0.5, 0.6) is 5.75 Å². The van der Waals surface area contributed by atoms with Crippen LogP contribution in [-0.4, -0.2) is 40.1 Å². The zero-order valence-electron chi connectivity index (χ0n) is 10.9. The lowest BCUT2D eigenvalue weighted by molar-refractivity contribution is 0.0502. The summed E-state index contributed by atoms with van der Waals surface area (Å²) in [6.45, 7) is 0.0316. The van der Waals surface area contributed by atoms with E-state index in [9.17, 15) is 13.2 Å². The van der Waals surface area contributed by atoms with Crippen molar-refractivity contribution in [2.24, 2.45) is 0 Å². The Hall–Kier alpha value is -1.76. The maximum Gasteiger partial charge on any atom is 0.342 e. The standard InChI is InChI=1S/C12H17NO5S/c1-17-11-9(5-3-6-10(11)13)12(14)18-7-4-8-19(2,15)16/h3,5-6H,4,7-8,13H2,1-2H3. The van der Waals surface area contributed by atoms with Crippen LogP contribution in [0.1, 0.15) is 16.8 Å². The van der Waals surface area contributed by atoms with Gasteiger partial charge in [0.1, 0.15) is 15.4 Å². The summed E-state index contributed by atoms with van der Waals surface area (Å²) < 4.78 is 31.8. The number of sulfone groups is 1. The highest BCUT2D eigenvalue weighted by Crippen LogP contribution is 2.26. The van der Waals surface area contributed by atoms with Gasteiger partial charge in [-0.15, -0.1) is 0 Å². The third-order valence-electron chi connectivity index (χ3n) is 2.36. The lowest BCUT2D eigenvalue weighted by Gasteiger charge is -2.10. The molecule has 0 spiro atoms. The minimum Gasteiger partial charge on any atom is -0.494 e. The summed E-state index contributed by atoms with van der Waals surface area (Å²) >= 11 is 0. The summed E-state index contributed by atoms with van der Waals surface area (Å²) in [6, 6.07) is 4.76. The molecule has 0 aliphatic rings. The Morgan fingerprint density at radius 1 is 1.37 bits per heavy atom. The van der Waals surface area contributed by atoms with Crippen LogP contribution in [0, 0.1) is 0 Å². The molecule has 2 N–H and O–H groups in total. The Kier molecular flexibility index (Phi) is 5.17. The number of hydrogen-bond donors (Lipinski definition) is 1. The van der Waals surface area contributed by atoms with Gasteiger partial charge in [-0.3, -0.25) is 0 Å². The van der Waals surface area contributed by atoms with Crippen molar-refractivity contribution in [3.63, 3.8) is 0 Å². The number of carbonyl (C=O) groups is 1. The highest BCUT2D eigenvalue weighted by molar-refractivity contribution is 7.90. The van der Waals surface area contributed by atoms with E-state index in [1.807, 2.05) is 0 Å². The number of anilines is 1. The fraction of sp³-hybridized carbons (Fsp3) is 0.417. The van der Waals surface area contributed by atoms with Crippen molar-refractivity contribution in [2.75, 3.05) is 31.5 Å². The van der Waals surface area contributed by atoms with E-state index in [2.05, 4.69) is 0 Å². The van der Waals surface area contributed by atoms with Crippen LogP contribution in [-0.2, 0) is 14.6 Å². The quantitative estimate of drug-likeness (QED) is 0.474. The second-order valence-electron chi connectivity index (χ2n) is 4.05. The van der Waals surface area contributed by atoms with Gasteiger partial charge in [-0.25, -0.2) is 13.2 Å². The molecular formula is C12H17NO5S. The Morgan fingerprint density at radius 2 is 2.05 bits per heavy atom. The van der Waals surface area contributed by atoms with E-state index in [0.29, 0.717) is 5.69 Å². The molecule has 0 saturated carbocycles. The zero-order chi connectivity index (χ0) is 14.5. The molecule has 0 radical (unpaired) electrons. The number of benzene rings is 1. The fourth-order valence-corrected chi connectivity index (χ4v) is 2.15. The number of rotatable bonds is 6. The van der Waals surface area contributed by atoms with Crippen LogP contribution in [0.15, 0.2) is 18.2 Å². The molecule has 0 unspecified atom stereocenters. The molecule has 6 nitrogen and oxygen atoms in total. The molecule has 1 rings (SSSR count). The summed E-state index contributed by atoms with van der Waals surface area (Å²) in [6.07, 6.45) is 1.39. The Bertz CT molecular complexity index is 553. The van der Waals surface area contributed by atoms with Gasteiger partial charge in [0, 0.05) is 6.26 Å². The molecule has 1 aromatic rings. The molecule has 0 aromatic heterocycles. The molecule has 0 amide bonds. The summed E-state index contributed by atoms with van der Waals surface area (Å²) in [5.41, 5.74) is 6.23. The van der Waals surface area contributed by atoms with Crippen LogP contribution in [0.2, 0.25) is 0 Å². The number of ether oxygens (including phenoxy) is 2. The van der Waals surface area contributed by atoms with Gasteiger partial charge in [-0.2, -0.15) is 0 Å². The smallest absolute Gasteiger partial charge is 0.342 e. The molecule has 0 atom stereocenters. The average molecular weight is 287 g/mol. The molecule has 7 heteroatoms. The number of nitrogen functional groups attached to an aromatic ring is 1. The van der Waals surface area contributed by atoms with E-state index in [-0.39, 0.29) is 30.1 Å². The second kappa shape index (κ2) is 6.42. The average Bonchev–Trinajstić information content (AvgIpc) is 2.33. The molecule has 106 valence electrons. The second-order valence-corrected chi connectivity index (χ2v) is 6.31. The van der Waals surface area contributed by atoms with Crippen LogP contribution in [0.4, 0.5) is 5.69 Å². The Balaban J connectivity index is 2.62. The third kappa shape index (κ3) is 4.78. The SMILES string of the molecule is COc1c(N)cccc1C(=O)OCCCS(C)(=O)=O. The first kappa shape index (κ1) is 15.3. The van der Waals surface area contributed by atoms with Gasteiger partial charge in [0.15, 0.2) is 5.75 Å². The normalized spacial score (nSPS) is 11.1. The maximum atomic E-state index is 11.8. The summed E-state index contributed by atoms with van der Waals surface area (Å²) in [5, 5.41) is 0. The van der Waals surface area contributed by atoms with Gasteiger partial charge in [0.25, 0.3) is 0 Å². The van der Waals surface area contributed by atoms with E-state index < -0.39 is 15.8 Å². The monoisotopic (exact) mass is 287 g/mol. The minimum atomic E-state index is -3.04. The Labute approximate surface area is 112 Å². The number of esters is 1. The van der Waals surface area contributed by atoms with Crippen LogP contribution in [0.25, 0.3) is 0 Å². The van der Waals surface area contributed by atoms with Crippen LogP contribution >= 0.6 is 0 Å². The highest BCUT2D eigenvalue weighted by atomic mass is 32.2. The maximum absolute atomic E-state index is 11.8. The fourth-order valence-electron chi connectivity index (χ4n) is 1.51. The first-order chi connectivity index (χ1) is 8.85. The number of para-hydroxylation sites is 1. The van der Waals surface area contributed by atoms with E-state index in [4.69, 9.17) is 15.2 Å². The first-order valence-corrected chi connectivity index (χ1v) is 7.68.